The van der Waals surface area contributed by atoms with Crippen molar-refractivity contribution in [2.45, 2.75) is 39.5 Å². The van der Waals surface area contributed by atoms with Gasteiger partial charge in [0.1, 0.15) is 11.2 Å². The smallest absolute Gasteiger partial charge is 0.262 e. The van der Waals surface area contributed by atoms with Gasteiger partial charge in [0.2, 0.25) is 11.8 Å². The van der Waals surface area contributed by atoms with E-state index in [0.717, 1.165) is 56.5 Å². The van der Waals surface area contributed by atoms with E-state index < -0.39 is 0 Å². The maximum absolute atomic E-state index is 7.38. The molecule has 0 atom stereocenters. The molecular weight excluding hydrogens is 840 g/mol. The van der Waals surface area contributed by atoms with Crippen molar-refractivity contribution in [1.29, 1.82) is 0 Å². The molecular formula is C64H45BN2O2. The molecule has 2 aliphatic rings. The summed E-state index contributed by atoms with van der Waals surface area (Å²) in [5.74, 6) is 2.37. The Labute approximate surface area is 399 Å². The fourth-order valence-electron chi connectivity index (χ4n) is 12.4. The Morgan fingerprint density at radius 3 is 1.26 bits per heavy atom. The van der Waals surface area contributed by atoms with Gasteiger partial charge >= 0.3 is 0 Å². The molecule has 15 rings (SSSR count). The number of furan rings is 2. The molecule has 11 aromatic carbocycles. The maximum Gasteiger partial charge on any atom is 0.262 e. The lowest BCUT2D eigenvalue weighted by molar-refractivity contribution is 0.621. The van der Waals surface area contributed by atoms with Gasteiger partial charge in [-0.25, -0.2) is 0 Å². The summed E-state index contributed by atoms with van der Waals surface area (Å²) in [6.07, 6.45) is 0. The van der Waals surface area contributed by atoms with Crippen LogP contribution in [0.3, 0.4) is 0 Å². The molecule has 5 heteroatoms. The molecule has 4 heterocycles. The van der Waals surface area contributed by atoms with Gasteiger partial charge < -0.3 is 8.83 Å². The first-order chi connectivity index (χ1) is 33.9. The zero-order valence-corrected chi connectivity index (χ0v) is 38.8. The van der Waals surface area contributed by atoms with E-state index in [1.165, 1.54) is 92.2 Å². The molecule has 326 valence electrons. The summed E-state index contributed by atoms with van der Waals surface area (Å²) in [4.78, 5) is 4.87. The van der Waals surface area contributed by atoms with E-state index >= 15 is 0 Å². The van der Waals surface area contributed by atoms with Gasteiger partial charge in [0.15, 0.2) is 0 Å². The van der Waals surface area contributed by atoms with Gasteiger partial charge in [-0.1, -0.05) is 161 Å². The van der Waals surface area contributed by atoms with Crippen molar-refractivity contribution in [1.82, 2.24) is 0 Å². The van der Waals surface area contributed by atoms with Crippen molar-refractivity contribution < 1.29 is 8.83 Å². The lowest BCUT2D eigenvalue weighted by Crippen LogP contribution is -2.60. The number of benzene rings is 11. The first-order valence-electron chi connectivity index (χ1n) is 24.4. The van der Waals surface area contributed by atoms with Gasteiger partial charge in [-0.2, -0.15) is 0 Å². The molecule has 0 saturated carbocycles. The van der Waals surface area contributed by atoms with Crippen molar-refractivity contribution >= 4 is 144 Å². The molecule has 2 aliphatic heterocycles. The van der Waals surface area contributed by atoms with Gasteiger partial charge in [0.05, 0.1) is 5.69 Å². The van der Waals surface area contributed by atoms with Crippen LogP contribution in [0.4, 0.5) is 34.5 Å². The molecule has 4 nitrogen and oxygen atoms in total. The second-order valence-corrected chi connectivity index (χ2v) is 19.9. The van der Waals surface area contributed by atoms with E-state index in [-0.39, 0.29) is 6.71 Å². The Morgan fingerprint density at radius 1 is 0.333 bits per heavy atom. The number of hydrogen-bond acceptors (Lipinski definition) is 4. The predicted molar refractivity (Wildman–Crippen MR) is 293 cm³/mol. The number of rotatable bonds is 4. The predicted octanol–water partition coefficient (Wildman–Crippen LogP) is 16.4. The molecule has 0 saturated heterocycles. The van der Waals surface area contributed by atoms with Gasteiger partial charge in [-0.15, -0.1) is 0 Å². The fourth-order valence-corrected chi connectivity index (χ4v) is 12.4. The van der Waals surface area contributed by atoms with Crippen LogP contribution in [0, 0.1) is 0 Å². The fraction of sp³-hybridized carbons (Fsp3) is 0.0938. The van der Waals surface area contributed by atoms with Crippen LogP contribution < -0.4 is 26.2 Å². The molecule has 2 aromatic heterocycles. The summed E-state index contributed by atoms with van der Waals surface area (Å²) >= 11 is 0. The van der Waals surface area contributed by atoms with Crippen LogP contribution in [-0.2, 0) is 0 Å². The van der Waals surface area contributed by atoms with Gasteiger partial charge in [0, 0.05) is 44.1 Å². The van der Waals surface area contributed by atoms with Crippen molar-refractivity contribution in [2.24, 2.45) is 0 Å². The van der Waals surface area contributed by atoms with Gasteiger partial charge in [-0.05, 0) is 142 Å². The minimum atomic E-state index is -0.196. The summed E-state index contributed by atoms with van der Waals surface area (Å²) in [6, 6.07) is 69.8. The molecule has 0 spiro atoms. The first-order valence-corrected chi connectivity index (χ1v) is 24.4. The van der Waals surface area contributed by atoms with E-state index in [1.807, 2.05) is 0 Å². The van der Waals surface area contributed by atoms with Crippen LogP contribution in [0.15, 0.2) is 197 Å². The Hall–Kier alpha value is -8.28. The SMILES string of the molecule is CC(C)c1ccc2oc3c(c2c1)B1c2c(cccc2N(c2cccc4c5ccccc5c5ccccc5c24)c2oc4ccc(C(C)C)cc4c21)N3c1ccc2c3ccccc3c3ccccc3c2c1. The Kier molecular flexibility index (Phi) is 7.95. The topological polar surface area (TPSA) is 32.8 Å². The van der Waals surface area contributed by atoms with Crippen molar-refractivity contribution in [3.05, 3.63) is 199 Å². The van der Waals surface area contributed by atoms with Crippen LogP contribution in [0.1, 0.15) is 50.7 Å². The number of hydrogen-bond donors (Lipinski definition) is 0. The molecule has 0 aliphatic carbocycles. The van der Waals surface area contributed by atoms with Crippen LogP contribution in [-0.4, -0.2) is 6.71 Å². The summed E-state index contributed by atoms with van der Waals surface area (Å²) in [5.41, 5.74) is 12.2. The normalized spacial score (nSPS) is 13.4. The largest absolute Gasteiger partial charge is 0.440 e. The minimum absolute atomic E-state index is 0.196. The zero-order chi connectivity index (χ0) is 45.8. The highest BCUT2D eigenvalue weighted by Gasteiger charge is 2.49. The monoisotopic (exact) mass is 884 g/mol. The Balaban J connectivity index is 1.09. The lowest BCUT2D eigenvalue weighted by Gasteiger charge is -2.40. The second-order valence-electron chi connectivity index (χ2n) is 19.9. The summed E-state index contributed by atoms with van der Waals surface area (Å²) in [6.45, 7) is 8.92. The molecule has 13 aromatic rings. The summed E-state index contributed by atoms with van der Waals surface area (Å²) in [5, 5.41) is 17.1. The average molecular weight is 885 g/mol. The molecule has 0 fully saturated rings. The molecule has 0 unspecified atom stereocenters. The molecule has 69 heavy (non-hydrogen) atoms. The number of fused-ring (bicyclic) bond motifs is 20. The van der Waals surface area contributed by atoms with Crippen LogP contribution in [0.5, 0.6) is 0 Å². The van der Waals surface area contributed by atoms with E-state index in [2.05, 4.69) is 226 Å². The molecule has 0 bridgehead atoms. The summed E-state index contributed by atoms with van der Waals surface area (Å²) in [7, 11) is 0. The highest BCUT2D eigenvalue weighted by molar-refractivity contribution is 7.02. The highest BCUT2D eigenvalue weighted by atomic mass is 16.4. The van der Waals surface area contributed by atoms with Gasteiger partial charge in [0.25, 0.3) is 6.71 Å². The number of nitrogens with zero attached hydrogens (tertiary/aromatic N) is 2. The minimum Gasteiger partial charge on any atom is -0.440 e. The average Bonchev–Trinajstić information content (AvgIpc) is 3.97. The van der Waals surface area contributed by atoms with E-state index in [1.54, 1.807) is 0 Å². The second kappa shape index (κ2) is 14.1. The van der Waals surface area contributed by atoms with Crippen molar-refractivity contribution in [3.63, 3.8) is 0 Å². The zero-order valence-electron chi connectivity index (χ0n) is 38.8. The third-order valence-electron chi connectivity index (χ3n) is 15.6. The Morgan fingerprint density at radius 2 is 0.739 bits per heavy atom. The van der Waals surface area contributed by atoms with Crippen molar-refractivity contribution in [3.8, 4) is 0 Å². The number of anilines is 6. The summed E-state index contributed by atoms with van der Waals surface area (Å²) < 4.78 is 14.7. The van der Waals surface area contributed by atoms with Crippen LogP contribution in [0.25, 0.3) is 86.6 Å². The Bertz CT molecular complexity index is 4290. The molecule has 0 radical (unpaired) electrons. The van der Waals surface area contributed by atoms with E-state index in [4.69, 9.17) is 8.83 Å². The van der Waals surface area contributed by atoms with Crippen LogP contribution in [0.2, 0.25) is 0 Å². The van der Waals surface area contributed by atoms with Gasteiger partial charge in [-0.3, -0.25) is 9.80 Å². The molecule has 0 amide bonds. The third-order valence-corrected chi connectivity index (χ3v) is 15.6. The third kappa shape index (κ3) is 5.25. The van der Waals surface area contributed by atoms with E-state index in [9.17, 15) is 0 Å². The first kappa shape index (κ1) is 38.8. The standard InChI is InChI=1S/C64H45BN2O2/c1-36(2)38-27-31-57-52(33-38)60-63(68-57)66(40-29-30-48-43-17-6-5-15-41(43)42-16-8-10-21-47(42)51(48)35-40)55-25-14-26-56-62(55)65(60)61-53-34-39(37(3)4)28-32-58(53)69-64(61)67(56)54-24-13-23-50-46-19-9-7-18-44(46)45-20-11-12-22-49(45)59(50)54/h5-37H,1-4H3. The highest BCUT2D eigenvalue weighted by Crippen LogP contribution is 2.51. The molecule has 0 N–H and O–H groups in total. The maximum atomic E-state index is 7.38. The van der Waals surface area contributed by atoms with Crippen LogP contribution >= 0.6 is 0 Å². The quantitative estimate of drug-likeness (QED) is 0.130. The lowest BCUT2D eigenvalue weighted by atomic mass is 9.33. The van der Waals surface area contributed by atoms with E-state index in [0.29, 0.717) is 11.8 Å². The van der Waals surface area contributed by atoms with Crippen molar-refractivity contribution in [2.75, 3.05) is 9.80 Å².